The fourth-order valence-electron chi connectivity index (χ4n) is 0.112. The molecule has 1 N–H and O–H groups in total. The van der Waals surface area contributed by atoms with Gasteiger partial charge in [0.25, 0.3) is 0 Å². The highest BCUT2D eigenvalue weighted by atomic mass is 16.1. The smallest absolute Gasteiger partial charge is 0.222 e. The summed E-state index contributed by atoms with van der Waals surface area (Å²) in [6.45, 7) is 1.99. The maximum atomic E-state index is 8.35. The molecule has 0 atom stereocenters. The van der Waals surface area contributed by atoms with Crippen LogP contribution in [0.4, 0.5) is 0 Å². The molecule has 0 aromatic heterocycles. The molecule has 0 fully saturated rings. The topological polar surface area (TPSA) is 64.7 Å². The van der Waals surface area contributed by atoms with E-state index in [1.54, 1.807) is 0 Å². The van der Waals surface area contributed by atoms with Crippen molar-refractivity contribution in [2.45, 2.75) is 19.8 Å². The predicted octanol–water partition coefficient (Wildman–Crippen LogP) is 1.21. The molecular formula is C5H8N2O. The first-order chi connectivity index (χ1) is 3.83. The number of nitrogens with zero attached hydrogens (tertiary/aromatic N) is 1. The van der Waals surface area contributed by atoms with Crippen molar-refractivity contribution < 1.29 is 4.79 Å². The number of carbonyl (C=O) groups excluding carboxylic acids is 1. The van der Waals surface area contributed by atoms with Gasteiger partial charge in [0.05, 0.1) is 6.07 Å². The van der Waals surface area contributed by atoms with Crippen molar-refractivity contribution in [1.82, 2.24) is 0 Å². The molecule has 0 spiro atoms. The van der Waals surface area contributed by atoms with Crippen LogP contribution >= 0.6 is 0 Å². The molecule has 3 heteroatoms. The van der Waals surface area contributed by atoms with Gasteiger partial charge in [0, 0.05) is 6.42 Å². The number of hydrogen-bond acceptors (Lipinski definition) is 3. The number of rotatable bonds is 1. The van der Waals surface area contributed by atoms with Gasteiger partial charge in [-0.3, -0.25) is 0 Å². The minimum absolute atomic E-state index is 0.694. The second-order valence-electron chi connectivity index (χ2n) is 1.01. The molecule has 0 heterocycles. The third kappa shape index (κ3) is 96.4. The van der Waals surface area contributed by atoms with Crippen LogP contribution in [0.15, 0.2) is 0 Å². The average molecular weight is 112 g/mol. The van der Waals surface area contributed by atoms with Gasteiger partial charge in [-0.15, -0.1) is 0 Å². The lowest BCUT2D eigenvalue weighted by Gasteiger charge is -1.65. The lowest BCUT2D eigenvalue weighted by atomic mass is 10.4. The average Bonchev–Trinajstić information content (AvgIpc) is 1.71. The zero-order valence-electron chi connectivity index (χ0n) is 4.77. The number of unbranched alkanes of at least 4 members (excludes halogenated alkanes) is 1. The Labute approximate surface area is 48.4 Å². The van der Waals surface area contributed by atoms with E-state index in [4.69, 9.17) is 15.5 Å². The Hall–Kier alpha value is -1.13. The molecule has 0 aromatic carbocycles. The first-order valence-corrected chi connectivity index (χ1v) is 2.24. The monoisotopic (exact) mass is 112 g/mol. The predicted molar refractivity (Wildman–Crippen MR) is 28.9 cm³/mol. The van der Waals surface area contributed by atoms with E-state index in [1.165, 1.54) is 0 Å². The van der Waals surface area contributed by atoms with Gasteiger partial charge < -0.3 is 0 Å². The highest BCUT2D eigenvalue weighted by Gasteiger charge is 1.65. The van der Waals surface area contributed by atoms with Gasteiger partial charge in [-0.05, 0) is 6.42 Å². The van der Waals surface area contributed by atoms with E-state index in [-0.39, 0.29) is 0 Å². The van der Waals surface area contributed by atoms with Crippen molar-refractivity contribution in [2.75, 3.05) is 0 Å². The van der Waals surface area contributed by atoms with E-state index in [0.29, 0.717) is 6.42 Å². The Morgan fingerprint density at radius 2 is 2.12 bits per heavy atom. The molecule has 0 aliphatic carbocycles. The third-order valence-corrected chi connectivity index (χ3v) is 0.362. The molecule has 0 saturated heterocycles. The van der Waals surface area contributed by atoms with E-state index in [2.05, 4.69) is 0 Å². The van der Waals surface area contributed by atoms with Crippen molar-refractivity contribution >= 4 is 6.08 Å². The summed E-state index contributed by atoms with van der Waals surface area (Å²) < 4.78 is 0. The maximum Gasteiger partial charge on any atom is 0.231 e. The quantitative estimate of drug-likeness (QED) is 0.409. The SMILES string of the molecule is CCCC#N.N=C=O. The molecule has 44 valence electrons. The lowest BCUT2D eigenvalue weighted by Crippen LogP contribution is -1.53. The van der Waals surface area contributed by atoms with E-state index >= 15 is 0 Å². The maximum absolute atomic E-state index is 8.35. The number of isocyanates is 1. The van der Waals surface area contributed by atoms with Gasteiger partial charge in [0.1, 0.15) is 0 Å². The Kier molecular flexibility index (Phi) is 21.1. The fourth-order valence-corrected chi connectivity index (χ4v) is 0.112. The zero-order valence-corrected chi connectivity index (χ0v) is 4.77. The first-order valence-electron chi connectivity index (χ1n) is 2.24. The number of nitrogens with one attached hydrogen (secondary N) is 1. The summed E-state index contributed by atoms with van der Waals surface area (Å²) in [6, 6.07) is 2.02. The molecule has 0 aliphatic heterocycles. The fraction of sp³-hybridized carbons (Fsp3) is 0.600. The van der Waals surface area contributed by atoms with Crippen LogP contribution < -0.4 is 0 Å². The van der Waals surface area contributed by atoms with Gasteiger partial charge in [0.15, 0.2) is 0 Å². The second kappa shape index (κ2) is 16.9. The summed E-state index contributed by atoms with van der Waals surface area (Å²) in [5.41, 5.74) is 0. The lowest BCUT2D eigenvalue weighted by molar-refractivity contribution is 0.563. The summed E-state index contributed by atoms with van der Waals surface area (Å²) in [5, 5.41) is 13.2. The largest absolute Gasteiger partial charge is 0.231 e. The molecule has 0 saturated carbocycles. The zero-order chi connectivity index (χ0) is 6.83. The van der Waals surface area contributed by atoms with Gasteiger partial charge in [-0.25, -0.2) is 10.2 Å². The Balaban J connectivity index is 0. The normalized spacial score (nSPS) is 5.00. The van der Waals surface area contributed by atoms with Gasteiger partial charge in [-0.1, -0.05) is 6.92 Å². The minimum Gasteiger partial charge on any atom is -0.222 e. The molecule has 3 nitrogen and oxygen atoms in total. The summed E-state index contributed by atoms with van der Waals surface area (Å²) >= 11 is 0. The van der Waals surface area contributed by atoms with Gasteiger partial charge >= 0.3 is 0 Å². The van der Waals surface area contributed by atoms with Crippen molar-refractivity contribution in [2.24, 2.45) is 0 Å². The van der Waals surface area contributed by atoms with Crippen LogP contribution in [-0.4, -0.2) is 6.08 Å². The van der Waals surface area contributed by atoms with Crippen LogP contribution in [-0.2, 0) is 4.79 Å². The standard InChI is InChI=1S/C4H7N.CHNO/c1-2-3-4-5;2-1-3/h2-3H2,1H3;2H. The molecule has 0 amide bonds. The summed E-state index contributed by atoms with van der Waals surface area (Å²) in [6.07, 6.45) is 2.43. The summed E-state index contributed by atoms with van der Waals surface area (Å²) in [7, 11) is 0. The highest BCUT2D eigenvalue weighted by molar-refractivity contribution is 5.26. The van der Waals surface area contributed by atoms with E-state index in [0.717, 1.165) is 12.5 Å². The molecule has 0 unspecified atom stereocenters. The van der Waals surface area contributed by atoms with Crippen molar-refractivity contribution in [3.63, 3.8) is 0 Å². The molecule has 8 heavy (non-hydrogen) atoms. The summed E-state index contributed by atoms with van der Waals surface area (Å²) in [4.78, 5) is 8.35. The third-order valence-electron chi connectivity index (χ3n) is 0.362. The van der Waals surface area contributed by atoms with Crippen molar-refractivity contribution in [3.8, 4) is 6.07 Å². The Morgan fingerprint density at radius 3 is 2.12 bits per heavy atom. The number of hydrogen-bond donors (Lipinski definition) is 1. The van der Waals surface area contributed by atoms with Gasteiger partial charge in [0.2, 0.25) is 6.08 Å². The Morgan fingerprint density at radius 1 is 1.75 bits per heavy atom. The molecular weight excluding hydrogens is 104 g/mol. The minimum atomic E-state index is 0.694. The number of nitriles is 1. The second-order valence-corrected chi connectivity index (χ2v) is 1.01. The van der Waals surface area contributed by atoms with E-state index < -0.39 is 0 Å². The van der Waals surface area contributed by atoms with Gasteiger partial charge in [-0.2, -0.15) is 5.26 Å². The molecule has 0 aromatic rings. The highest BCUT2D eigenvalue weighted by Crippen LogP contribution is 1.77. The van der Waals surface area contributed by atoms with Crippen LogP contribution in [0, 0.1) is 16.7 Å². The Bertz CT molecular complexity index is 97.5. The van der Waals surface area contributed by atoms with Crippen LogP contribution in [0.5, 0.6) is 0 Å². The molecule has 0 rings (SSSR count). The molecule has 0 bridgehead atoms. The van der Waals surface area contributed by atoms with E-state index in [9.17, 15) is 0 Å². The summed E-state index contributed by atoms with van der Waals surface area (Å²) in [5.74, 6) is 0. The van der Waals surface area contributed by atoms with Crippen LogP contribution in [0.3, 0.4) is 0 Å². The van der Waals surface area contributed by atoms with Crippen LogP contribution in [0.2, 0.25) is 0 Å². The van der Waals surface area contributed by atoms with Crippen LogP contribution in [0.25, 0.3) is 0 Å². The first kappa shape index (κ1) is 9.98. The van der Waals surface area contributed by atoms with Crippen LogP contribution in [0.1, 0.15) is 19.8 Å². The van der Waals surface area contributed by atoms with E-state index in [1.807, 2.05) is 13.0 Å². The molecule has 0 aliphatic rings. The van der Waals surface area contributed by atoms with Crippen molar-refractivity contribution in [1.29, 1.82) is 10.7 Å². The molecule has 0 radical (unpaired) electrons. The van der Waals surface area contributed by atoms with Crippen molar-refractivity contribution in [3.05, 3.63) is 0 Å².